The van der Waals surface area contributed by atoms with Crippen molar-refractivity contribution in [1.29, 1.82) is 0 Å². The fourth-order valence-electron chi connectivity index (χ4n) is 4.53. The first kappa shape index (κ1) is 13.0. The molecule has 1 amide bonds. The predicted octanol–water partition coefficient (Wildman–Crippen LogP) is 2.65. The molecule has 0 radical (unpaired) electrons. The minimum Gasteiger partial charge on any atom is -0.346 e. The van der Waals surface area contributed by atoms with Gasteiger partial charge in [-0.25, -0.2) is 4.98 Å². The highest BCUT2D eigenvalue weighted by molar-refractivity contribution is 7.17. The van der Waals surface area contributed by atoms with Crippen LogP contribution in [0.1, 0.15) is 36.2 Å². The summed E-state index contributed by atoms with van der Waals surface area (Å²) in [5.74, 6) is 0.652. The zero-order valence-corrected chi connectivity index (χ0v) is 13.2. The molecule has 0 aromatic carbocycles. The number of aromatic nitrogens is 1. The maximum atomic E-state index is 12.7. The minimum absolute atomic E-state index is 0.00174. The summed E-state index contributed by atoms with van der Waals surface area (Å²) in [6, 6.07) is 4.29. The van der Waals surface area contributed by atoms with E-state index in [-0.39, 0.29) is 11.4 Å². The molecule has 2 bridgehead atoms. The molecule has 22 heavy (non-hydrogen) atoms. The van der Waals surface area contributed by atoms with Crippen LogP contribution in [0.3, 0.4) is 0 Å². The maximum absolute atomic E-state index is 12.7. The van der Waals surface area contributed by atoms with E-state index in [1.807, 2.05) is 17.6 Å². The number of thiophene rings is 1. The van der Waals surface area contributed by atoms with Crippen molar-refractivity contribution in [2.75, 3.05) is 13.1 Å². The van der Waals surface area contributed by atoms with Gasteiger partial charge in [0, 0.05) is 11.7 Å². The highest BCUT2D eigenvalue weighted by Gasteiger charge is 2.60. The second-order valence-electron chi connectivity index (χ2n) is 6.91. The zero-order valence-electron chi connectivity index (χ0n) is 12.4. The predicted molar refractivity (Wildman–Crippen MR) is 87.1 cm³/mol. The molecular formula is C17H19N3OS. The molecule has 4 fully saturated rings. The third kappa shape index (κ3) is 1.78. The van der Waals surface area contributed by atoms with Crippen molar-refractivity contribution in [3.63, 3.8) is 0 Å². The number of fused-ring (bicyclic) bond motifs is 3. The fraction of sp³-hybridized carbons (Fsp3) is 0.529. The summed E-state index contributed by atoms with van der Waals surface area (Å²) >= 11 is 1.66. The highest BCUT2D eigenvalue weighted by Crippen LogP contribution is 2.53. The van der Waals surface area contributed by atoms with Gasteiger partial charge in [0.25, 0.3) is 5.91 Å². The van der Waals surface area contributed by atoms with Crippen molar-refractivity contribution in [3.8, 4) is 0 Å². The summed E-state index contributed by atoms with van der Waals surface area (Å²) in [5.41, 5.74) is 0.835. The van der Waals surface area contributed by atoms with Gasteiger partial charge in [-0.15, -0.1) is 11.3 Å². The van der Waals surface area contributed by atoms with Gasteiger partial charge in [-0.2, -0.15) is 0 Å². The number of piperidine rings is 3. The third-order valence-corrected chi connectivity index (χ3v) is 6.71. The van der Waals surface area contributed by atoms with Gasteiger partial charge in [-0.05, 0) is 67.6 Å². The van der Waals surface area contributed by atoms with Crippen molar-refractivity contribution < 1.29 is 4.79 Å². The van der Waals surface area contributed by atoms with E-state index in [9.17, 15) is 4.79 Å². The molecule has 3 saturated heterocycles. The smallest absolute Gasteiger partial charge is 0.270 e. The van der Waals surface area contributed by atoms with Crippen LogP contribution >= 0.6 is 11.3 Å². The molecule has 6 rings (SSSR count). The van der Waals surface area contributed by atoms with Gasteiger partial charge < -0.3 is 5.32 Å². The number of nitrogens with one attached hydrogen (secondary N) is 1. The average molecular weight is 313 g/mol. The summed E-state index contributed by atoms with van der Waals surface area (Å²) in [5, 5.41) is 6.49. The molecule has 4 aliphatic rings. The van der Waals surface area contributed by atoms with E-state index in [1.54, 1.807) is 11.3 Å². The van der Waals surface area contributed by atoms with Gasteiger partial charge >= 0.3 is 0 Å². The van der Waals surface area contributed by atoms with Crippen molar-refractivity contribution in [1.82, 2.24) is 15.2 Å². The molecule has 1 spiro atoms. The van der Waals surface area contributed by atoms with Crippen LogP contribution in [0, 0.1) is 5.92 Å². The van der Waals surface area contributed by atoms with Gasteiger partial charge in [0.05, 0.1) is 10.7 Å². The van der Waals surface area contributed by atoms with Gasteiger partial charge in [0.1, 0.15) is 5.69 Å². The summed E-state index contributed by atoms with van der Waals surface area (Å²) in [6.45, 7) is 2.44. The van der Waals surface area contributed by atoms with Crippen molar-refractivity contribution in [2.45, 2.75) is 37.3 Å². The normalized spacial score (nSPS) is 31.5. The highest BCUT2D eigenvalue weighted by atomic mass is 32.1. The van der Waals surface area contributed by atoms with Crippen LogP contribution in [0.2, 0.25) is 0 Å². The lowest BCUT2D eigenvalue weighted by molar-refractivity contribution is -0.00152. The monoisotopic (exact) mass is 313 g/mol. The molecule has 5 heteroatoms. The van der Waals surface area contributed by atoms with E-state index < -0.39 is 0 Å². The van der Waals surface area contributed by atoms with Gasteiger partial charge in [-0.1, -0.05) is 0 Å². The Kier molecular flexibility index (Phi) is 2.68. The van der Waals surface area contributed by atoms with Gasteiger partial charge in [-0.3, -0.25) is 9.69 Å². The van der Waals surface area contributed by atoms with Crippen LogP contribution in [0.15, 0.2) is 23.7 Å². The number of rotatable bonds is 2. The Labute approximate surface area is 133 Å². The Morgan fingerprint density at radius 1 is 1.36 bits per heavy atom. The molecule has 0 unspecified atom stereocenters. The molecule has 4 nitrogen and oxygen atoms in total. The first-order valence-electron chi connectivity index (χ1n) is 8.15. The second-order valence-corrected chi connectivity index (χ2v) is 7.85. The van der Waals surface area contributed by atoms with Crippen LogP contribution in [0.25, 0.3) is 10.1 Å². The summed E-state index contributed by atoms with van der Waals surface area (Å²) in [7, 11) is 0. The van der Waals surface area contributed by atoms with Crippen LogP contribution < -0.4 is 5.32 Å². The van der Waals surface area contributed by atoms with Crippen LogP contribution in [0.5, 0.6) is 0 Å². The van der Waals surface area contributed by atoms with E-state index in [0.717, 1.165) is 10.1 Å². The SMILES string of the molecule is O=C(N[C@H]1C2CCN(CC2)C12CC2)c1cc2ccsc2cn1. The van der Waals surface area contributed by atoms with E-state index >= 15 is 0 Å². The number of hydrogen-bond donors (Lipinski definition) is 1. The molecule has 5 heterocycles. The molecule has 3 aliphatic heterocycles. The Morgan fingerprint density at radius 2 is 2.18 bits per heavy atom. The lowest BCUT2D eigenvalue weighted by atomic mass is 9.77. The Morgan fingerprint density at radius 3 is 2.95 bits per heavy atom. The quantitative estimate of drug-likeness (QED) is 0.927. The topological polar surface area (TPSA) is 45.2 Å². The summed E-state index contributed by atoms with van der Waals surface area (Å²) < 4.78 is 1.14. The lowest BCUT2D eigenvalue weighted by Crippen LogP contribution is -2.65. The van der Waals surface area contributed by atoms with E-state index in [1.165, 1.54) is 38.8 Å². The Bertz CT molecular complexity index is 743. The molecular weight excluding hydrogens is 294 g/mol. The van der Waals surface area contributed by atoms with E-state index in [4.69, 9.17) is 0 Å². The number of amides is 1. The molecule has 1 atom stereocenters. The Balaban J connectivity index is 1.42. The van der Waals surface area contributed by atoms with Crippen molar-refractivity contribution >= 4 is 27.3 Å². The number of nitrogens with zero attached hydrogens (tertiary/aromatic N) is 2. The van der Waals surface area contributed by atoms with Crippen molar-refractivity contribution in [3.05, 3.63) is 29.4 Å². The van der Waals surface area contributed by atoms with E-state index in [0.29, 0.717) is 17.7 Å². The van der Waals surface area contributed by atoms with Crippen molar-refractivity contribution in [2.24, 2.45) is 5.92 Å². The molecule has 114 valence electrons. The average Bonchev–Trinajstić information content (AvgIpc) is 3.18. The molecule has 2 aromatic rings. The van der Waals surface area contributed by atoms with Gasteiger partial charge in [0.2, 0.25) is 0 Å². The van der Waals surface area contributed by atoms with Crippen LogP contribution in [-0.4, -0.2) is 40.5 Å². The summed E-state index contributed by atoms with van der Waals surface area (Å²) in [4.78, 5) is 19.7. The van der Waals surface area contributed by atoms with Gasteiger partial charge in [0.15, 0.2) is 0 Å². The zero-order chi connectivity index (χ0) is 14.7. The van der Waals surface area contributed by atoms with Crippen LogP contribution in [-0.2, 0) is 0 Å². The molecule has 1 saturated carbocycles. The fourth-order valence-corrected chi connectivity index (χ4v) is 5.27. The molecule has 1 N–H and O–H groups in total. The number of pyridine rings is 1. The summed E-state index contributed by atoms with van der Waals surface area (Å²) in [6.07, 6.45) is 6.75. The first-order valence-corrected chi connectivity index (χ1v) is 9.03. The Hall–Kier alpha value is -1.46. The number of carbonyl (C=O) groups is 1. The van der Waals surface area contributed by atoms with Crippen LogP contribution in [0.4, 0.5) is 0 Å². The molecule has 2 aromatic heterocycles. The standard InChI is InChI=1S/C17H19N3OS/c21-16(13-9-12-3-8-22-14(12)10-18-13)19-15-11-1-6-20(7-2-11)17(15)4-5-17/h3,8-11,15H,1-2,4-7H2,(H,19,21)/t15-/m0/s1. The number of carbonyl (C=O) groups excluding carboxylic acids is 1. The first-order chi connectivity index (χ1) is 10.8. The minimum atomic E-state index is -0.00174. The largest absolute Gasteiger partial charge is 0.346 e. The van der Waals surface area contributed by atoms with E-state index in [2.05, 4.69) is 21.3 Å². The molecule has 1 aliphatic carbocycles. The third-order valence-electron chi connectivity index (χ3n) is 5.84. The number of hydrogen-bond acceptors (Lipinski definition) is 4. The lowest BCUT2D eigenvalue weighted by Gasteiger charge is -2.52. The maximum Gasteiger partial charge on any atom is 0.270 e. The second kappa shape index (κ2) is 4.52.